The number of hydrogen-bond donors (Lipinski definition) is 1. The van der Waals surface area contributed by atoms with Crippen LogP contribution in [0.15, 0.2) is 35.1 Å². The van der Waals surface area contributed by atoms with E-state index < -0.39 is 0 Å². The number of hydrogen-bond acceptors (Lipinski definition) is 2. The van der Waals surface area contributed by atoms with Gasteiger partial charge in [0.1, 0.15) is 5.75 Å². The highest BCUT2D eigenvalue weighted by molar-refractivity contribution is 9.10. The molecule has 1 aliphatic heterocycles. The standard InChI is InChI=1S/C16H19BrN2O/c1-2-15(18)12-3-5-19(9-12)10-13-8-14(17)7-11-4-6-20-16(11)13/h3,5,7-9,15H,2,4,6,10,18H2,1H3. The van der Waals surface area contributed by atoms with Crippen LogP contribution >= 0.6 is 15.9 Å². The normalized spacial score (nSPS) is 14.9. The monoisotopic (exact) mass is 334 g/mol. The molecule has 0 fully saturated rings. The zero-order chi connectivity index (χ0) is 14.1. The molecule has 0 amide bonds. The van der Waals surface area contributed by atoms with Crippen LogP contribution in [-0.2, 0) is 13.0 Å². The van der Waals surface area contributed by atoms with E-state index in [2.05, 4.69) is 58.0 Å². The Labute approximate surface area is 127 Å². The molecule has 1 atom stereocenters. The average molecular weight is 335 g/mol. The van der Waals surface area contributed by atoms with Crippen molar-refractivity contribution in [1.82, 2.24) is 4.57 Å². The fraction of sp³-hybridized carbons (Fsp3) is 0.375. The van der Waals surface area contributed by atoms with Gasteiger partial charge in [-0.3, -0.25) is 0 Å². The summed E-state index contributed by atoms with van der Waals surface area (Å²) >= 11 is 3.58. The van der Waals surface area contributed by atoms with Crippen LogP contribution in [0.25, 0.3) is 0 Å². The molecule has 1 aromatic heterocycles. The van der Waals surface area contributed by atoms with Gasteiger partial charge in [0.05, 0.1) is 13.2 Å². The Morgan fingerprint density at radius 1 is 1.45 bits per heavy atom. The number of halogens is 1. The molecule has 0 bridgehead atoms. The Hall–Kier alpha value is -1.26. The minimum absolute atomic E-state index is 0.126. The van der Waals surface area contributed by atoms with Gasteiger partial charge in [-0.2, -0.15) is 0 Å². The Morgan fingerprint density at radius 2 is 2.30 bits per heavy atom. The number of nitrogens with zero attached hydrogens (tertiary/aromatic N) is 1. The quantitative estimate of drug-likeness (QED) is 0.927. The van der Waals surface area contributed by atoms with Crippen molar-refractivity contribution in [2.45, 2.75) is 32.4 Å². The minimum atomic E-state index is 0.126. The van der Waals surface area contributed by atoms with E-state index in [-0.39, 0.29) is 6.04 Å². The van der Waals surface area contributed by atoms with Crippen molar-refractivity contribution in [3.63, 3.8) is 0 Å². The first-order valence-electron chi connectivity index (χ1n) is 7.02. The first-order chi connectivity index (χ1) is 9.67. The van der Waals surface area contributed by atoms with Crippen LogP contribution in [0.1, 0.15) is 36.1 Å². The fourth-order valence-corrected chi connectivity index (χ4v) is 3.23. The minimum Gasteiger partial charge on any atom is -0.493 e. The second-order valence-corrected chi connectivity index (χ2v) is 6.20. The Bertz CT molecular complexity index is 621. The van der Waals surface area contributed by atoms with E-state index in [0.29, 0.717) is 0 Å². The molecule has 2 aromatic rings. The molecule has 20 heavy (non-hydrogen) atoms. The van der Waals surface area contributed by atoms with Crippen molar-refractivity contribution < 1.29 is 4.74 Å². The van der Waals surface area contributed by atoms with Gasteiger partial charge >= 0.3 is 0 Å². The van der Waals surface area contributed by atoms with E-state index in [1.54, 1.807) is 0 Å². The fourth-order valence-electron chi connectivity index (χ4n) is 2.67. The van der Waals surface area contributed by atoms with Gasteiger partial charge in [-0.25, -0.2) is 0 Å². The topological polar surface area (TPSA) is 40.2 Å². The average Bonchev–Trinajstić information content (AvgIpc) is 3.06. The summed E-state index contributed by atoms with van der Waals surface area (Å²) in [5, 5.41) is 0. The van der Waals surface area contributed by atoms with Crippen LogP contribution in [0.2, 0.25) is 0 Å². The highest BCUT2D eigenvalue weighted by Gasteiger charge is 2.17. The van der Waals surface area contributed by atoms with Gasteiger partial charge in [0.25, 0.3) is 0 Å². The van der Waals surface area contributed by atoms with E-state index in [4.69, 9.17) is 10.5 Å². The summed E-state index contributed by atoms with van der Waals surface area (Å²) in [5.41, 5.74) is 9.78. The first kappa shape index (κ1) is 13.7. The molecule has 3 nitrogen and oxygen atoms in total. The molecule has 0 aliphatic carbocycles. The highest BCUT2D eigenvalue weighted by atomic mass is 79.9. The first-order valence-corrected chi connectivity index (χ1v) is 7.82. The molecule has 1 aromatic carbocycles. The Kier molecular flexibility index (Phi) is 3.85. The summed E-state index contributed by atoms with van der Waals surface area (Å²) in [6.07, 6.45) is 6.18. The van der Waals surface area contributed by atoms with Crippen molar-refractivity contribution in [3.8, 4) is 5.75 Å². The van der Waals surface area contributed by atoms with Crippen LogP contribution in [0.3, 0.4) is 0 Å². The van der Waals surface area contributed by atoms with Gasteiger partial charge < -0.3 is 15.0 Å². The molecular formula is C16H19BrN2O. The van der Waals surface area contributed by atoms with E-state index in [1.807, 2.05) is 0 Å². The van der Waals surface area contributed by atoms with Crippen molar-refractivity contribution in [3.05, 3.63) is 51.8 Å². The largest absolute Gasteiger partial charge is 0.493 e. The predicted octanol–water partition coefficient (Wildman–Crippen LogP) is 3.64. The summed E-state index contributed by atoms with van der Waals surface area (Å²) in [7, 11) is 0. The summed E-state index contributed by atoms with van der Waals surface area (Å²) < 4.78 is 9.07. The zero-order valence-corrected chi connectivity index (χ0v) is 13.2. The summed E-state index contributed by atoms with van der Waals surface area (Å²) in [6.45, 7) is 3.71. The lowest BCUT2D eigenvalue weighted by Crippen LogP contribution is -2.07. The maximum Gasteiger partial charge on any atom is 0.127 e. The van der Waals surface area contributed by atoms with E-state index in [0.717, 1.165) is 36.2 Å². The second-order valence-electron chi connectivity index (χ2n) is 5.28. The summed E-state index contributed by atoms with van der Waals surface area (Å²) in [5.74, 6) is 1.06. The van der Waals surface area contributed by atoms with Gasteiger partial charge in [-0.1, -0.05) is 22.9 Å². The third-order valence-corrected chi connectivity index (χ3v) is 4.28. The smallest absolute Gasteiger partial charge is 0.127 e. The van der Waals surface area contributed by atoms with Crippen molar-refractivity contribution in [2.24, 2.45) is 5.73 Å². The summed E-state index contributed by atoms with van der Waals surface area (Å²) in [4.78, 5) is 0. The number of aromatic nitrogens is 1. The van der Waals surface area contributed by atoms with Crippen LogP contribution in [0.5, 0.6) is 5.75 Å². The molecule has 4 heteroatoms. The molecule has 0 spiro atoms. The van der Waals surface area contributed by atoms with Crippen molar-refractivity contribution in [1.29, 1.82) is 0 Å². The van der Waals surface area contributed by atoms with Gasteiger partial charge in [0.15, 0.2) is 0 Å². The second kappa shape index (κ2) is 5.62. The van der Waals surface area contributed by atoms with Gasteiger partial charge in [-0.15, -0.1) is 0 Å². The van der Waals surface area contributed by atoms with Gasteiger partial charge in [0.2, 0.25) is 0 Å². The number of fused-ring (bicyclic) bond motifs is 1. The van der Waals surface area contributed by atoms with Crippen molar-refractivity contribution >= 4 is 15.9 Å². The highest BCUT2D eigenvalue weighted by Crippen LogP contribution is 2.33. The molecule has 0 saturated heterocycles. The Morgan fingerprint density at radius 3 is 3.10 bits per heavy atom. The van der Waals surface area contributed by atoms with Crippen LogP contribution in [-0.4, -0.2) is 11.2 Å². The molecule has 0 radical (unpaired) electrons. The van der Waals surface area contributed by atoms with Crippen LogP contribution in [0.4, 0.5) is 0 Å². The van der Waals surface area contributed by atoms with Crippen LogP contribution < -0.4 is 10.5 Å². The molecular weight excluding hydrogens is 316 g/mol. The number of nitrogens with two attached hydrogens (primary N) is 1. The van der Waals surface area contributed by atoms with Crippen LogP contribution in [0, 0.1) is 0 Å². The molecule has 2 N–H and O–H groups in total. The molecule has 0 saturated carbocycles. The van der Waals surface area contributed by atoms with Gasteiger partial charge in [-0.05, 0) is 35.7 Å². The SMILES string of the molecule is CCC(N)c1ccn(Cc2cc(Br)cc3c2OCC3)c1. The third-order valence-electron chi connectivity index (χ3n) is 3.82. The molecule has 1 aliphatic rings. The molecule has 106 valence electrons. The lowest BCUT2D eigenvalue weighted by atomic mass is 10.1. The van der Waals surface area contributed by atoms with E-state index in [9.17, 15) is 0 Å². The molecule has 3 rings (SSSR count). The lowest BCUT2D eigenvalue weighted by Gasteiger charge is -2.10. The van der Waals surface area contributed by atoms with Gasteiger partial charge in [0, 0.05) is 34.9 Å². The number of ether oxygens (including phenoxy) is 1. The maximum atomic E-state index is 6.07. The predicted molar refractivity (Wildman–Crippen MR) is 84.1 cm³/mol. The lowest BCUT2D eigenvalue weighted by molar-refractivity contribution is 0.352. The summed E-state index contributed by atoms with van der Waals surface area (Å²) in [6, 6.07) is 6.53. The zero-order valence-electron chi connectivity index (χ0n) is 11.6. The molecule has 2 heterocycles. The van der Waals surface area contributed by atoms with Crippen molar-refractivity contribution in [2.75, 3.05) is 6.61 Å². The van der Waals surface area contributed by atoms with E-state index >= 15 is 0 Å². The number of rotatable bonds is 4. The number of benzene rings is 1. The molecule has 1 unspecified atom stereocenters. The van der Waals surface area contributed by atoms with E-state index in [1.165, 1.54) is 16.7 Å². The maximum absolute atomic E-state index is 6.07. The Balaban J connectivity index is 1.86. The third kappa shape index (κ3) is 2.63.